The van der Waals surface area contributed by atoms with E-state index in [-0.39, 0.29) is 10.6 Å². The number of nitrogens with zero attached hydrogens (tertiary/aromatic N) is 2. The lowest BCUT2D eigenvalue weighted by Crippen LogP contribution is -2.27. The predicted molar refractivity (Wildman–Crippen MR) is 75.3 cm³/mol. The Morgan fingerprint density at radius 2 is 2.00 bits per heavy atom. The molecule has 0 bridgehead atoms. The number of anilines is 1. The fourth-order valence-electron chi connectivity index (χ4n) is 1.77. The number of carbonyl (C=O) groups is 1. The first-order chi connectivity index (χ1) is 9.54. The molecule has 2 rings (SSSR count). The third kappa shape index (κ3) is 2.63. The van der Waals surface area contributed by atoms with E-state index >= 15 is 0 Å². The summed E-state index contributed by atoms with van der Waals surface area (Å²) in [5, 5.41) is 8.91. The molecule has 0 heterocycles. The molecule has 2 aromatic rings. The SMILES string of the molecule is CN(C(=O)c1c(F)cccc1Cl)c1cccc(C#N)c1. The highest BCUT2D eigenvalue weighted by Crippen LogP contribution is 2.23. The molecule has 1 amide bonds. The number of hydrogen-bond acceptors (Lipinski definition) is 2. The Morgan fingerprint density at radius 3 is 2.65 bits per heavy atom. The van der Waals surface area contributed by atoms with Crippen LogP contribution in [0.2, 0.25) is 5.02 Å². The van der Waals surface area contributed by atoms with Crippen molar-refractivity contribution in [2.24, 2.45) is 0 Å². The van der Waals surface area contributed by atoms with Gasteiger partial charge in [0.15, 0.2) is 0 Å². The molecular formula is C15H10ClFN2O. The summed E-state index contributed by atoms with van der Waals surface area (Å²) in [4.78, 5) is 13.6. The van der Waals surface area contributed by atoms with E-state index in [1.54, 1.807) is 24.3 Å². The Morgan fingerprint density at radius 1 is 1.30 bits per heavy atom. The number of amides is 1. The Labute approximate surface area is 120 Å². The van der Waals surface area contributed by atoms with Gasteiger partial charge in [-0.25, -0.2) is 4.39 Å². The molecule has 0 atom stereocenters. The smallest absolute Gasteiger partial charge is 0.262 e. The lowest BCUT2D eigenvalue weighted by Gasteiger charge is -2.18. The summed E-state index contributed by atoms with van der Waals surface area (Å²) in [6, 6.07) is 12.5. The van der Waals surface area contributed by atoms with Gasteiger partial charge in [-0.3, -0.25) is 4.79 Å². The van der Waals surface area contributed by atoms with Crippen LogP contribution in [0.25, 0.3) is 0 Å². The van der Waals surface area contributed by atoms with Gasteiger partial charge in [-0.15, -0.1) is 0 Å². The standard InChI is InChI=1S/C15H10ClFN2O/c1-19(11-5-2-4-10(8-11)9-18)15(20)14-12(16)6-3-7-13(14)17/h2-8H,1H3. The van der Waals surface area contributed by atoms with Crippen molar-refractivity contribution in [1.82, 2.24) is 0 Å². The maximum absolute atomic E-state index is 13.7. The summed E-state index contributed by atoms with van der Waals surface area (Å²) >= 11 is 5.87. The summed E-state index contributed by atoms with van der Waals surface area (Å²) in [6.45, 7) is 0. The van der Waals surface area contributed by atoms with Crippen molar-refractivity contribution < 1.29 is 9.18 Å². The topological polar surface area (TPSA) is 44.1 Å². The van der Waals surface area contributed by atoms with Crippen LogP contribution in [0.4, 0.5) is 10.1 Å². The van der Waals surface area contributed by atoms with Gasteiger partial charge in [0.25, 0.3) is 5.91 Å². The number of hydrogen-bond donors (Lipinski definition) is 0. The summed E-state index contributed by atoms with van der Waals surface area (Å²) in [6.07, 6.45) is 0. The van der Waals surface area contributed by atoms with E-state index in [0.29, 0.717) is 11.3 Å². The number of benzene rings is 2. The van der Waals surface area contributed by atoms with E-state index < -0.39 is 11.7 Å². The molecule has 0 aromatic heterocycles. The van der Waals surface area contributed by atoms with E-state index in [9.17, 15) is 9.18 Å². The fourth-order valence-corrected chi connectivity index (χ4v) is 2.02. The van der Waals surface area contributed by atoms with Gasteiger partial charge in [-0.1, -0.05) is 23.7 Å². The monoisotopic (exact) mass is 288 g/mol. The van der Waals surface area contributed by atoms with Crippen LogP contribution in [-0.2, 0) is 0 Å². The second-order valence-corrected chi connectivity index (χ2v) is 4.53. The Balaban J connectivity index is 2.40. The maximum Gasteiger partial charge on any atom is 0.262 e. The van der Waals surface area contributed by atoms with E-state index in [2.05, 4.69) is 0 Å². The molecule has 5 heteroatoms. The zero-order valence-corrected chi connectivity index (χ0v) is 11.4. The van der Waals surface area contributed by atoms with Gasteiger partial charge in [0.05, 0.1) is 22.2 Å². The molecule has 0 saturated carbocycles. The molecule has 0 N–H and O–H groups in total. The molecule has 20 heavy (non-hydrogen) atoms. The van der Waals surface area contributed by atoms with Gasteiger partial charge in [0, 0.05) is 12.7 Å². The first kappa shape index (κ1) is 14.0. The Hall–Kier alpha value is -2.38. The predicted octanol–water partition coefficient (Wildman–Crippen LogP) is 3.63. The summed E-state index contributed by atoms with van der Waals surface area (Å²) in [7, 11) is 1.50. The normalized spacial score (nSPS) is 9.90. The van der Waals surface area contributed by atoms with Crippen molar-refractivity contribution in [2.45, 2.75) is 0 Å². The second-order valence-electron chi connectivity index (χ2n) is 4.12. The van der Waals surface area contributed by atoms with Crippen LogP contribution in [0.3, 0.4) is 0 Å². The molecule has 0 fully saturated rings. The molecule has 0 aliphatic carbocycles. The van der Waals surface area contributed by atoms with Gasteiger partial charge in [-0.2, -0.15) is 5.26 Å². The van der Waals surface area contributed by atoms with Crippen LogP contribution < -0.4 is 4.90 Å². The van der Waals surface area contributed by atoms with Gasteiger partial charge >= 0.3 is 0 Å². The number of nitriles is 1. The van der Waals surface area contributed by atoms with E-state index in [4.69, 9.17) is 16.9 Å². The zero-order valence-electron chi connectivity index (χ0n) is 10.6. The largest absolute Gasteiger partial charge is 0.311 e. The fraction of sp³-hybridized carbons (Fsp3) is 0.0667. The highest BCUT2D eigenvalue weighted by molar-refractivity contribution is 6.34. The van der Waals surface area contributed by atoms with Crippen LogP contribution >= 0.6 is 11.6 Å². The summed E-state index contributed by atoms with van der Waals surface area (Å²) in [5.41, 5.74) is 0.731. The molecular weight excluding hydrogens is 279 g/mol. The highest BCUT2D eigenvalue weighted by atomic mass is 35.5. The van der Waals surface area contributed by atoms with Gasteiger partial charge in [-0.05, 0) is 30.3 Å². The third-order valence-corrected chi connectivity index (χ3v) is 3.16. The van der Waals surface area contributed by atoms with Crippen LogP contribution in [0.5, 0.6) is 0 Å². The Kier molecular flexibility index (Phi) is 4.02. The number of rotatable bonds is 2. The van der Waals surface area contributed by atoms with Crippen molar-refractivity contribution in [1.29, 1.82) is 5.26 Å². The molecule has 0 aliphatic heterocycles. The lowest BCUT2D eigenvalue weighted by molar-refractivity contribution is 0.0989. The minimum absolute atomic E-state index is 0.0540. The second kappa shape index (κ2) is 5.72. The van der Waals surface area contributed by atoms with Crippen molar-refractivity contribution >= 4 is 23.2 Å². The van der Waals surface area contributed by atoms with Crippen LogP contribution in [0.1, 0.15) is 15.9 Å². The highest BCUT2D eigenvalue weighted by Gasteiger charge is 2.20. The molecule has 0 spiro atoms. The number of halogens is 2. The van der Waals surface area contributed by atoms with Gasteiger partial charge in [0.2, 0.25) is 0 Å². The van der Waals surface area contributed by atoms with Crippen molar-refractivity contribution in [3.63, 3.8) is 0 Å². The molecule has 2 aromatic carbocycles. The summed E-state index contributed by atoms with van der Waals surface area (Å²) in [5.74, 6) is -1.24. The van der Waals surface area contributed by atoms with Crippen molar-refractivity contribution in [2.75, 3.05) is 11.9 Å². The zero-order chi connectivity index (χ0) is 14.7. The van der Waals surface area contributed by atoms with Crippen LogP contribution in [0, 0.1) is 17.1 Å². The molecule has 0 unspecified atom stereocenters. The average molecular weight is 289 g/mol. The van der Waals surface area contributed by atoms with Gasteiger partial charge in [0.1, 0.15) is 5.82 Å². The third-order valence-electron chi connectivity index (χ3n) is 2.84. The maximum atomic E-state index is 13.7. The lowest BCUT2D eigenvalue weighted by atomic mass is 10.1. The molecule has 3 nitrogen and oxygen atoms in total. The van der Waals surface area contributed by atoms with Gasteiger partial charge < -0.3 is 4.90 Å². The molecule has 0 radical (unpaired) electrons. The van der Waals surface area contributed by atoms with E-state index in [0.717, 1.165) is 0 Å². The first-order valence-electron chi connectivity index (χ1n) is 5.77. The summed E-state index contributed by atoms with van der Waals surface area (Å²) < 4.78 is 13.7. The quantitative estimate of drug-likeness (QED) is 0.847. The number of carbonyl (C=O) groups excluding carboxylic acids is 1. The van der Waals surface area contributed by atoms with Crippen LogP contribution in [-0.4, -0.2) is 13.0 Å². The minimum Gasteiger partial charge on any atom is -0.311 e. The molecule has 0 aliphatic rings. The average Bonchev–Trinajstić information content (AvgIpc) is 2.46. The Bertz CT molecular complexity index is 689. The van der Waals surface area contributed by atoms with Crippen LogP contribution in [0.15, 0.2) is 42.5 Å². The van der Waals surface area contributed by atoms with Crippen molar-refractivity contribution in [3.05, 3.63) is 64.4 Å². The van der Waals surface area contributed by atoms with Crippen molar-refractivity contribution in [3.8, 4) is 6.07 Å². The van der Waals surface area contributed by atoms with E-state index in [1.807, 2.05) is 6.07 Å². The molecule has 0 saturated heterocycles. The van der Waals surface area contributed by atoms with E-state index in [1.165, 1.54) is 30.1 Å². The first-order valence-corrected chi connectivity index (χ1v) is 6.14. The minimum atomic E-state index is -0.675. The molecule has 100 valence electrons.